The van der Waals surface area contributed by atoms with Gasteiger partial charge in [0.1, 0.15) is 11.6 Å². The minimum Gasteiger partial charge on any atom is -0.444 e. The Morgan fingerprint density at radius 3 is 2.30 bits per heavy atom. The van der Waals surface area contributed by atoms with Crippen LogP contribution in [0.4, 0.5) is 10.5 Å². The summed E-state index contributed by atoms with van der Waals surface area (Å²) >= 11 is 0. The fourth-order valence-corrected chi connectivity index (χ4v) is 4.09. The molecular weight excluding hydrogens is 524 g/mol. The van der Waals surface area contributed by atoms with Gasteiger partial charge in [-0.1, -0.05) is 6.07 Å². The average molecular weight is 563 g/mol. The van der Waals surface area contributed by atoms with Gasteiger partial charge < -0.3 is 29.2 Å². The van der Waals surface area contributed by atoms with Crippen LogP contribution in [-0.4, -0.2) is 111 Å². The van der Waals surface area contributed by atoms with Gasteiger partial charge in [0.15, 0.2) is 0 Å². The number of anilines is 1. The van der Waals surface area contributed by atoms with Crippen LogP contribution in [0.3, 0.4) is 0 Å². The molecule has 40 heavy (non-hydrogen) atoms. The fraction of sp³-hybridized carbons (Fsp3) is 0.593. The third-order valence-corrected chi connectivity index (χ3v) is 6.05. The first-order valence-electron chi connectivity index (χ1n) is 13.3. The first kappa shape index (κ1) is 31.0. The highest BCUT2D eigenvalue weighted by Gasteiger charge is 2.45. The highest BCUT2D eigenvalue weighted by atomic mass is 16.6. The molecule has 2 heterocycles. The van der Waals surface area contributed by atoms with Crippen molar-refractivity contribution in [2.45, 2.75) is 45.3 Å². The Morgan fingerprint density at radius 1 is 1.00 bits per heavy atom. The minimum absolute atomic E-state index is 0.0659. The lowest BCUT2D eigenvalue weighted by Gasteiger charge is -2.27. The normalized spacial score (nSPS) is 17.1. The van der Waals surface area contributed by atoms with Crippen LogP contribution >= 0.6 is 0 Å². The maximum absolute atomic E-state index is 13.1. The van der Waals surface area contributed by atoms with E-state index in [-0.39, 0.29) is 24.0 Å². The lowest BCUT2D eigenvalue weighted by Crippen LogP contribution is -2.54. The summed E-state index contributed by atoms with van der Waals surface area (Å²) in [5.74, 6) is -2.18. The molecule has 0 bridgehead atoms. The zero-order chi connectivity index (χ0) is 29.3. The molecule has 1 unspecified atom stereocenters. The largest absolute Gasteiger partial charge is 0.444 e. The van der Waals surface area contributed by atoms with Crippen LogP contribution < -0.4 is 10.6 Å². The number of hydrogen-bond acceptors (Lipinski definition) is 10. The lowest BCUT2D eigenvalue weighted by atomic mass is 10.0. The van der Waals surface area contributed by atoms with Gasteiger partial charge >= 0.3 is 6.09 Å². The Morgan fingerprint density at radius 2 is 1.65 bits per heavy atom. The van der Waals surface area contributed by atoms with Gasteiger partial charge in [-0.25, -0.2) is 4.79 Å². The Balaban J connectivity index is 1.29. The Kier molecular flexibility index (Phi) is 11.0. The molecule has 2 aliphatic rings. The van der Waals surface area contributed by atoms with Crippen LogP contribution in [0.2, 0.25) is 0 Å². The zero-order valence-corrected chi connectivity index (χ0v) is 23.4. The van der Waals surface area contributed by atoms with Gasteiger partial charge in [0.25, 0.3) is 11.8 Å². The van der Waals surface area contributed by atoms with E-state index >= 15 is 0 Å². The van der Waals surface area contributed by atoms with E-state index in [1.54, 1.807) is 25.2 Å². The Labute approximate surface area is 233 Å². The fourth-order valence-electron chi connectivity index (χ4n) is 4.09. The quantitative estimate of drug-likeness (QED) is 0.251. The number of imide groups is 2. The van der Waals surface area contributed by atoms with E-state index in [9.17, 15) is 24.0 Å². The number of ether oxygens (including phenoxy) is 4. The molecule has 1 atom stereocenters. The molecule has 0 aliphatic carbocycles. The van der Waals surface area contributed by atoms with E-state index in [4.69, 9.17) is 18.9 Å². The van der Waals surface area contributed by atoms with Gasteiger partial charge in [-0.3, -0.25) is 29.4 Å². The van der Waals surface area contributed by atoms with E-state index in [0.29, 0.717) is 58.4 Å². The first-order valence-corrected chi connectivity index (χ1v) is 13.3. The number of fused-ring (bicyclic) bond motifs is 1. The SMILES string of the molecule is CN(CCOCCOCCOCCNc1cccc2c1C(=O)N(C1CCC(=O)NC1=O)C2=O)C(=O)OC(C)(C)C. The van der Waals surface area contributed by atoms with E-state index in [2.05, 4.69) is 10.6 Å². The first-order chi connectivity index (χ1) is 19.0. The maximum Gasteiger partial charge on any atom is 0.410 e. The molecule has 0 saturated carbocycles. The standard InChI is InChI=1S/C27H38N4O9/c1-27(2,3)40-26(36)30(4)11-13-38-15-17-39-16-14-37-12-10-28-19-7-5-6-18-22(19)25(35)31(24(18)34)20-8-9-21(32)29-23(20)33/h5-7,20,28H,8-17H2,1-4H3,(H,29,32,33). The molecule has 0 spiro atoms. The molecule has 0 aromatic heterocycles. The van der Waals surface area contributed by atoms with Crippen molar-refractivity contribution in [2.24, 2.45) is 0 Å². The Hall–Kier alpha value is -3.55. The van der Waals surface area contributed by atoms with Gasteiger partial charge in [-0.05, 0) is 39.3 Å². The lowest BCUT2D eigenvalue weighted by molar-refractivity contribution is -0.136. The monoisotopic (exact) mass is 562 g/mol. The molecule has 220 valence electrons. The molecule has 1 saturated heterocycles. The summed E-state index contributed by atoms with van der Waals surface area (Å²) in [6, 6.07) is 3.88. The zero-order valence-electron chi connectivity index (χ0n) is 23.4. The van der Waals surface area contributed by atoms with Crippen molar-refractivity contribution in [1.29, 1.82) is 0 Å². The topological polar surface area (TPSA) is 153 Å². The maximum atomic E-state index is 13.1. The summed E-state index contributed by atoms with van der Waals surface area (Å²) in [5, 5.41) is 5.30. The molecule has 13 heteroatoms. The number of amides is 5. The van der Waals surface area contributed by atoms with Gasteiger partial charge in [0, 0.05) is 32.2 Å². The van der Waals surface area contributed by atoms with Crippen LogP contribution in [0.5, 0.6) is 0 Å². The van der Waals surface area contributed by atoms with Crippen molar-refractivity contribution in [2.75, 3.05) is 65.1 Å². The van der Waals surface area contributed by atoms with Gasteiger partial charge in [-0.2, -0.15) is 0 Å². The molecule has 3 rings (SSSR count). The average Bonchev–Trinajstić information content (AvgIpc) is 3.14. The number of nitrogens with zero attached hydrogens (tertiary/aromatic N) is 2. The number of piperidine rings is 1. The van der Waals surface area contributed by atoms with Gasteiger partial charge in [0.2, 0.25) is 11.8 Å². The molecule has 5 amide bonds. The van der Waals surface area contributed by atoms with Crippen molar-refractivity contribution in [3.63, 3.8) is 0 Å². The second-order valence-corrected chi connectivity index (χ2v) is 10.3. The molecule has 0 radical (unpaired) electrons. The summed E-state index contributed by atoms with van der Waals surface area (Å²) < 4.78 is 21.8. The third kappa shape index (κ3) is 8.47. The molecule has 13 nitrogen and oxygen atoms in total. The second kappa shape index (κ2) is 14.2. The van der Waals surface area contributed by atoms with Crippen LogP contribution in [0.15, 0.2) is 18.2 Å². The third-order valence-electron chi connectivity index (χ3n) is 6.05. The summed E-state index contributed by atoms with van der Waals surface area (Å²) in [6.45, 7) is 8.41. The summed E-state index contributed by atoms with van der Waals surface area (Å²) in [6.07, 6.45) is -0.229. The number of carbonyl (C=O) groups excluding carboxylic acids is 5. The Bertz CT molecular complexity index is 1100. The smallest absolute Gasteiger partial charge is 0.410 e. The summed E-state index contributed by atoms with van der Waals surface area (Å²) in [4.78, 5) is 63.9. The van der Waals surface area contributed by atoms with Crippen molar-refractivity contribution in [3.05, 3.63) is 29.3 Å². The van der Waals surface area contributed by atoms with Crippen LogP contribution in [-0.2, 0) is 28.5 Å². The summed E-state index contributed by atoms with van der Waals surface area (Å²) in [7, 11) is 1.65. The number of nitrogens with one attached hydrogen (secondary N) is 2. The van der Waals surface area contributed by atoms with E-state index < -0.39 is 41.4 Å². The van der Waals surface area contributed by atoms with Crippen molar-refractivity contribution >= 4 is 35.4 Å². The summed E-state index contributed by atoms with van der Waals surface area (Å²) in [5.41, 5.74) is 0.353. The molecule has 2 N–H and O–H groups in total. The number of likely N-dealkylation sites (N-methyl/N-ethyl adjacent to an activating group) is 1. The van der Waals surface area contributed by atoms with Gasteiger partial charge in [-0.15, -0.1) is 0 Å². The second-order valence-electron chi connectivity index (χ2n) is 10.3. The highest BCUT2D eigenvalue weighted by molar-refractivity contribution is 6.25. The predicted molar refractivity (Wildman–Crippen MR) is 143 cm³/mol. The van der Waals surface area contributed by atoms with E-state index in [1.165, 1.54) is 4.90 Å². The molecule has 2 aliphatic heterocycles. The van der Waals surface area contributed by atoms with Crippen molar-refractivity contribution < 1.29 is 42.9 Å². The van der Waals surface area contributed by atoms with Gasteiger partial charge in [0.05, 0.1) is 50.8 Å². The predicted octanol–water partition coefficient (Wildman–Crippen LogP) is 1.42. The number of rotatable bonds is 14. The van der Waals surface area contributed by atoms with Crippen LogP contribution in [0.1, 0.15) is 54.3 Å². The molecular formula is C27H38N4O9. The molecule has 1 fully saturated rings. The van der Waals surface area contributed by atoms with Crippen LogP contribution in [0, 0.1) is 0 Å². The van der Waals surface area contributed by atoms with E-state index in [0.717, 1.165) is 4.90 Å². The molecule has 1 aromatic rings. The van der Waals surface area contributed by atoms with E-state index in [1.807, 2.05) is 20.8 Å². The number of benzene rings is 1. The number of hydrogen-bond donors (Lipinski definition) is 2. The number of carbonyl (C=O) groups is 5. The highest BCUT2D eigenvalue weighted by Crippen LogP contribution is 2.32. The minimum atomic E-state index is -1.01. The van der Waals surface area contributed by atoms with Crippen LogP contribution in [0.25, 0.3) is 0 Å². The van der Waals surface area contributed by atoms with Crippen molar-refractivity contribution in [1.82, 2.24) is 15.1 Å². The van der Waals surface area contributed by atoms with Crippen molar-refractivity contribution in [3.8, 4) is 0 Å². The molecule has 1 aromatic carbocycles.